The molecule has 0 spiro atoms. The van der Waals surface area contributed by atoms with E-state index in [9.17, 15) is 14.7 Å². The Balaban J connectivity index is 1.29. The summed E-state index contributed by atoms with van der Waals surface area (Å²) in [4.78, 5) is 26.5. The van der Waals surface area contributed by atoms with Gasteiger partial charge in [-0.3, -0.25) is 19.7 Å². The minimum Gasteiger partial charge on any atom is -0.480 e. The standard InChI is InChI=1S/C29H43N3O4/c33-27(31-36)15-14-22-10-12-24(13-11-22)21-32-18-16-23(17-19-32)20-30-29(28(34)35,26-8-4-5-9-26)25-6-2-1-3-7-25/h10-15,23,25-26,30,36H,1-9,16-21H2,(H,31,33)(H,34,35)/b15-14+/t29-/m1/s1. The first-order chi connectivity index (χ1) is 17.5. The Morgan fingerprint density at radius 1 is 0.917 bits per heavy atom. The Hall–Kier alpha value is -2.22. The lowest BCUT2D eigenvalue weighted by Crippen LogP contribution is -2.63. The van der Waals surface area contributed by atoms with Crippen LogP contribution in [0.4, 0.5) is 0 Å². The number of amides is 1. The summed E-state index contributed by atoms with van der Waals surface area (Å²) < 4.78 is 0. The van der Waals surface area contributed by atoms with Gasteiger partial charge in [-0.1, -0.05) is 56.4 Å². The van der Waals surface area contributed by atoms with Crippen molar-refractivity contribution >= 4 is 18.0 Å². The van der Waals surface area contributed by atoms with E-state index < -0.39 is 17.4 Å². The number of benzene rings is 1. The van der Waals surface area contributed by atoms with Crippen LogP contribution in [0.2, 0.25) is 0 Å². The number of hydroxylamine groups is 1. The van der Waals surface area contributed by atoms with Gasteiger partial charge in [-0.05, 0) is 93.1 Å². The predicted molar refractivity (Wildman–Crippen MR) is 140 cm³/mol. The van der Waals surface area contributed by atoms with Crippen molar-refractivity contribution in [3.63, 3.8) is 0 Å². The molecule has 3 aliphatic rings. The lowest BCUT2D eigenvalue weighted by molar-refractivity contribution is -0.152. The molecule has 4 rings (SSSR count). The number of hydrogen-bond donors (Lipinski definition) is 4. The minimum atomic E-state index is -0.734. The molecular formula is C29H43N3O4. The zero-order valence-corrected chi connectivity index (χ0v) is 21.5. The number of likely N-dealkylation sites (tertiary alicyclic amines) is 1. The molecule has 198 valence electrons. The Bertz CT molecular complexity index is 882. The lowest BCUT2D eigenvalue weighted by atomic mass is 9.67. The molecule has 1 aliphatic heterocycles. The van der Waals surface area contributed by atoms with Crippen LogP contribution >= 0.6 is 0 Å². The highest BCUT2D eigenvalue weighted by Crippen LogP contribution is 2.44. The van der Waals surface area contributed by atoms with E-state index in [2.05, 4.69) is 22.3 Å². The number of carboxylic acid groups (broad SMARTS) is 1. The first kappa shape index (κ1) is 26.8. The van der Waals surface area contributed by atoms with Crippen molar-refractivity contribution in [2.45, 2.75) is 82.7 Å². The van der Waals surface area contributed by atoms with Crippen molar-refractivity contribution in [2.24, 2.45) is 17.8 Å². The van der Waals surface area contributed by atoms with Crippen LogP contribution in [0.25, 0.3) is 6.08 Å². The topological polar surface area (TPSA) is 102 Å². The van der Waals surface area contributed by atoms with Gasteiger partial charge in [0.05, 0.1) is 0 Å². The van der Waals surface area contributed by atoms with E-state index in [1.165, 1.54) is 43.7 Å². The summed E-state index contributed by atoms with van der Waals surface area (Å²) in [6, 6.07) is 8.12. The number of carboxylic acids is 1. The van der Waals surface area contributed by atoms with E-state index >= 15 is 0 Å². The number of rotatable bonds is 10. The molecule has 7 nitrogen and oxygen atoms in total. The molecule has 0 bridgehead atoms. The van der Waals surface area contributed by atoms with Gasteiger partial charge in [0.15, 0.2) is 0 Å². The minimum absolute atomic E-state index is 0.266. The number of aliphatic carboxylic acids is 1. The molecule has 36 heavy (non-hydrogen) atoms. The molecule has 2 saturated carbocycles. The Kier molecular flexibility index (Phi) is 9.57. The molecule has 1 amide bonds. The van der Waals surface area contributed by atoms with Gasteiger partial charge >= 0.3 is 5.97 Å². The number of carbonyl (C=O) groups is 2. The summed E-state index contributed by atoms with van der Waals surface area (Å²) in [7, 11) is 0. The van der Waals surface area contributed by atoms with Crippen LogP contribution in [0, 0.1) is 17.8 Å². The highest BCUT2D eigenvalue weighted by atomic mass is 16.5. The quantitative estimate of drug-likeness (QED) is 0.214. The fourth-order valence-corrected chi connectivity index (χ4v) is 6.85. The van der Waals surface area contributed by atoms with Crippen LogP contribution in [0.15, 0.2) is 30.3 Å². The van der Waals surface area contributed by atoms with Crippen LogP contribution in [-0.4, -0.2) is 52.3 Å². The summed E-state index contributed by atoms with van der Waals surface area (Å²) in [6.45, 7) is 3.76. The first-order valence-electron chi connectivity index (χ1n) is 13.9. The molecule has 2 aliphatic carbocycles. The molecule has 1 aromatic rings. The first-order valence-corrected chi connectivity index (χ1v) is 13.9. The summed E-state index contributed by atoms with van der Waals surface area (Å²) in [5, 5.41) is 22.9. The number of nitrogens with one attached hydrogen (secondary N) is 2. The van der Waals surface area contributed by atoms with E-state index in [-0.39, 0.29) is 11.8 Å². The zero-order chi connectivity index (χ0) is 25.4. The highest BCUT2D eigenvalue weighted by Gasteiger charge is 2.52. The van der Waals surface area contributed by atoms with E-state index in [1.54, 1.807) is 11.6 Å². The lowest BCUT2D eigenvalue weighted by Gasteiger charge is -2.45. The molecule has 1 atom stereocenters. The van der Waals surface area contributed by atoms with Gasteiger partial charge in [-0.25, -0.2) is 5.48 Å². The second-order valence-electron chi connectivity index (χ2n) is 11.1. The smallest absolute Gasteiger partial charge is 0.324 e. The molecular weight excluding hydrogens is 454 g/mol. The Labute approximate surface area is 215 Å². The van der Waals surface area contributed by atoms with Gasteiger partial charge in [0, 0.05) is 12.6 Å². The number of piperidine rings is 1. The fraction of sp³-hybridized carbons (Fsp3) is 0.655. The number of hydrogen-bond acceptors (Lipinski definition) is 5. The molecule has 1 saturated heterocycles. The van der Waals surface area contributed by atoms with Gasteiger partial charge in [0.1, 0.15) is 5.54 Å². The maximum Gasteiger partial charge on any atom is 0.324 e. The fourth-order valence-electron chi connectivity index (χ4n) is 6.85. The Morgan fingerprint density at radius 3 is 2.06 bits per heavy atom. The third-order valence-electron chi connectivity index (χ3n) is 8.92. The van der Waals surface area contributed by atoms with E-state index in [4.69, 9.17) is 5.21 Å². The second kappa shape index (κ2) is 12.8. The van der Waals surface area contributed by atoms with Crippen LogP contribution in [0.3, 0.4) is 0 Å². The van der Waals surface area contributed by atoms with Gasteiger partial charge in [-0.15, -0.1) is 0 Å². The highest BCUT2D eigenvalue weighted by molar-refractivity contribution is 5.90. The third kappa shape index (κ3) is 6.55. The van der Waals surface area contributed by atoms with Crippen LogP contribution < -0.4 is 10.8 Å². The second-order valence-corrected chi connectivity index (χ2v) is 11.1. The van der Waals surface area contributed by atoms with Gasteiger partial charge in [0.2, 0.25) is 0 Å². The molecule has 1 aromatic carbocycles. The summed E-state index contributed by atoms with van der Waals surface area (Å²) in [5.41, 5.74) is 3.00. The van der Waals surface area contributed by atoms with Crippen LogP contribution in [0.1, 0.15) is 81.8 Å². The van der Waals surface area contributed by atoms with Gasteiger partial charge in [0.25, 0.3) is 5.91 Å². The third-order valence-corrected chi connectivity index (χ3v) is 8.92. The van der Waals surface area contributed by atoms with E-state index in [0.29, 0.717) is 5.92 Å². The summed E-state index contributed by atoms with van der Waals surface area (Å²) in [6.07, 6.45) is 15.3. The largest absolute Gasteiger partial charge is 0.480 e. The maximum absolute atomic E-state index is 12.8. The SMILES string of the molecule is O=C(/C=C/c1ccc(CN2CCC(CN[C@](C(=O)O)(C3CCCCC3)C3CCCC3)CC2)cc1)NO. The van der Waals surface area contributed by atoms with Gasteiger partial charge < -0.3 is 10.4 Å². The summed E-state index contributed by atoms with van der Waals surface area (Å²) in [5.74, 6) is -0.0833. The molecule has 7 heteroatoms. The summed E-state index contributed by atoms with van der Waals surface area (Å²) >= 11 is 0. The molecule has 3 fully saturated rings. The number of carbonyl (C=O) groups excluding carboxylic acids is 1. The van der Waals surface area contributed by atoms with E-state index in [1.807, 2.05) is 12.1 Å². The number of nitrogens with zero attached hydrogens (tertiary/aromatic N) is 1. The molecule has 0 radical (unpaired) electrons. The normalized spacial score (nSPS) is 22.6. The molecule has 4 N–H and O–H groups in total. The monoisotopic (exact) mass is 497 g/mol. The van der Waals surface area contributed by atoms with Crippen molar-refractivity contribution in [1.82, 2.24) is 15.7 Å². The van der Waals surface area contributed by atoms with Crippen molar-refractivity contribution in [3.8, 4) is 0 Å². The van der Waals surface area contributed by atoms with Crippen molar-refractivity contribution in [3.05, 3.63) is 41.5 Å². The molecule has 0 unspecified atom stereocenters. The van der Waals surface area contributed by atoms with Crippen molar-refractivity contribution < 1.29 is 19.9 Å². The van der Waals surface area contributed by atoms with Crippen LogP contribution in [0.5, 0.6) is 0 Å². The molecule has 0 aromatic heterocycles. The van der Waals surface area contributed by atoms with E-state index in [0.717, 1.165) is 70.3 Å². The Morgan fingerprint density at radius 2 is 1.50 bits per heavy atom. The van der Waals surface area contributed by atoms with Crippen molar-refractivity contribution in [2.75, 3.05) is 19.6 Å². The average Bonchev–Trinajstić information content (AvgIpc) is 3.45. The maximum atomic E-state index is 12.8. The average molecular weight is 498 g/mol. The van der Waals surface area contributed by atoms with Gasteiger partial charge in [-0.2, -0.15) is 0 Å². The van der Waals surface area contributed by atoms with Crippen LogP contribution in [-0.2, 0) is 16.1 Å². The predicted octanol–water partition coefficient (Wildman–Crippen LogP) is 4.60. The molecule has 1 heterocycles. The zero-order valence-electron chi connectivity index (χ0n) is 21.5. The van der Waals surface area contributed by atoms with Crippen molar-refractivity contribution in [1.29, 1.82) is 0 Å².